The van der Waals surface area contributed by atoms with E-state index in [4.69, 9.17) is 0 Å². The second kappa shape index (κ2) is 6.99. The predicted octanol–water partition coefficient (Wildman–Crippen LogP) is 1.70. The van der Waals surface area contributed by atoms with Crippen LogP contribution < -0.4 is 10.4 Å². The monoisotopic (exact) mass is 303 g/mol. The molecule has 0 bridgehead atoms. The van der Waals surface area contributed by atoms with Crippen LogP contribution in [0.15, 0.2) is 35.7 Å². The van der Waals surface area contributed by atoms with Gasteiger partial charge < -0.3 is 15.2 Å². The lowest BCUT2D eigenvalue weighted by molar-refractivity contribution is -0.306. The smallest absolute Gasteiger partial charge is 0.226 e. The van der Waals surface area contributed by atoms with E-state index in [1.54, 1.807) is 0 Å². The van der Waals surface area contributed by atoms with Gasteiger partial charge in [-0.25, -0.2) is 4.98 Å². The molecule has 110 valence electrons. The summed E-state index contributed by atoms with van der Waals surface area (Å²) in [7, 11) is 0. The fraction of sp³-hybridized carbons (Fsp3) is 0.267. The molecule has 6 heteroatoms. The molecule has 5 nitrogen and oxygen atoms in total. The fourth-order valence-electron chi connectivity index (χ4n) is 2.04. The fourth-order valence-corrected chi connectivity index (χ4v) is 2.74. The number of nitrogens with one attached hydrogen (secondary N) is 1. The molecule has 0 unspecified atom stereocenters. The number of hydrogen-bond donors (Lipinski definition) is 1. The molecule has 1 aromatic carbocycles. The molecule has 1 N–H and O–H groups in total. The summed E-state index contributed by atoms with van der Waals surface area (Å²) in [4.78, 5) is 27.1. The van der Waals surface area contributed by atoms with Crippen molar-refractivity contribution in [3.05, 3.63) is 47.0 Å². The normalized spacial score (nSPS) is 11.9. The molecule has 1 heterocycles. The lowest BCUT2D eigenvalue weighted by Crippen LogP contribution is -2.26. The third-order valence-corrected chi connectivity index (χ3v) is 3.86. The van der Waals surface area contributed by atoms with E-state index in [0.717, 1.165) is 11.3 Å². The van der Waals surface area contributed by atoms with E-state index in [-0.39, 0.29) is 18.7 Å². The van der Waals surface area contributed by atoms with Gasteiger partial charge in [0.05, 0.1) is 5.69 Å². The number of aliphatic carboxylic acids is 1. The number of carboxylic acid groups (broad SMARTS) is 1. The van der Waals surface area contributed by atoms with E-state index in [0.29, 0.717) is 5.13 Å². The summed E-state index contributed by atoms with van der Waals surface area (Å²) in [6, 6.07) is 9.11. The minimum atomic E-state index is -1.17. The van der Waals surface area contributed by atoms with Crippen LogP contribution in [0.5, 0.6) is 0 Å². The Morgan fingerprint density at radius 3 is 2.57 bits per heavy atom. The first-order valence-electron chi connectivity index (χ1n) is 6.51. The molecule has 0 saturated carbocycles. The first kappa shape index (κ1) is 15.2. The zero-order valence-corrected chi connectivity index (χ0v) is 12.4. The van der Waals surface area contributed by atoms with Gasteiger partial charge in [0.1, 0.15) is 0 Å². The van der Waals surface area contributed by atoms with Gasteiger partial charge in [-0.05, 0) is 24.8 Å². The lowest BCUT2D eigenvalue weighted by atomic mass is 9.92. The van der Waals surface area contributed by atoms with Gasteiger partial charge in [-0.3, -0.25) is 4.79 Å². The van der Waals surface area contributed by atoms with E-state index in [9.17, 15) is 14.7 Å². The summed E-state index contributed by atoms with van der Waals surface area (Å²) in [6.45, 7) is 1.84. The Bertz CT molecular complexity index is 625. The number of nitrogens with zero attached hydrogens (tertiary/aromatic N) is 1. The molecule has 0 saturated heterocycles. The third kappa shape index (κ3) is 4.68. The van der Waals surface area contributed by atoms with Crippen molar-refractivity contribution in [3.8, 4) is 0 Å². The Morgan fingerprint density at radius 2 is 2.00 bits per heavy atom. The van der Waals surface area contributed by atoms with Gasteiger partial charge in [0.25, 0.3) is 0 Å². The zero-order chi connectivity index (χ0) is 15.2. The number of rotatable bonds is 6. The van der Waals surface area contributed by atoms with Gasteiger partial charge in [0, 0.05) is 17.8 Å². The zero-order valence-electron chi connectivity index (χ0n) is 11.5. The first-order chi connectivity index (χ1) is 10.0. The molecule has 1 atom stereocenters. The van der Waals surface area contributed by atoms with Crippen LogP contribution in [0.4, 0.5) is 5.13 Å². The number of hydrogen-bond acceptors (Lipinski definition) is 5. The summed E-state index contributed by atoms with van der Waals surface area (Å²) in [5.74, 6) is -1.82. The van der Waals surface area contributed by atoms with Gasteiger partial charge in [-0.1, -0.05) is 30.3 Å². The van der Waals surface area contributed by atoms with Crippen molar-refractivity contribution < 1.29 is 14.7 Å². The lowest BCUT2D eigenvalue weighted by Gasteiger charge is -2.17. The molecule has 0 fully saturated rings. The molecule has 0 radical (unpaired) electrons. The van der Waals surface area contributed by atoms with Crippen molar-refractivity contribution in [3.63, 3.8) is 0 Å². The second-order valence-electron chi connectivity index (χ2n) is 4.73. The summed E-state index contributed by atoms with van der Waals surface area (Å²) in [5.41, 5.74) is 1.65. The molecule has 2 rings (SSSR count). The third-order valence-electron chi connectivity index (χ3n) is 2.98. The molecule has 2 aromatic rings. The number of benzene rings is 1. The topological polar surface area (TPSA) is 82.1 Å². The predicted molar refractivity (Wildman–Crippen MR) is 78.9 cm³/mol. The molecule has 0 aliphatic rings. The van der Waals surface area contributed by atoms with Crippen LogP contribution in [-0.4, -0.2) is 16.9 Å². The van der Waals surface area contributed by atoms with E-state index >= 15 is 0 Å². The van der Waals surface area contributed by atoms with Crippen LogP contribution in [0.3, 0.4) is 0 Å². The standard InChI is InChI=1S/C15H16N2O3S/c1-10-9-21-15(16-10)17-13(18)7-12(8-14(19)20)11-5-3-2-4-6-11/h2-6,9,12H,7-8H2,1H3,(H,19,20)(H,16,17,18)/p-1/t12-/m0/s1. The Kier molecular flexibility index (Phi) is 5.05. The minimum absolute atomic E-state index is 0.0800. The second-order valence-corrected chi connectivity index (χ2v) is 5.59. The van der Waals surface area contributed by atoms with Crippen LogP contribution in [0.1, 0.15) is 30.0 Å². The van der Waals surface area contributed by atoms with Gasteiger partial charge in [-0.15, -0.1) is 11.3 Å². The van der Waals surface area contributed by atoms with Crippen molar-refractivity contribution in [1.29, 1.82) is 0 Å². The number of anilines is 1. The Morgan fingerprint density at radius 1 is 1.29 bits per heavy atom. The van der Waals surface area contributed by atoms with Crippen LogP contribution in [-0.2, 0) is 9.59 Å². The maximum absolute atomic E-state index is 12.0. The highest BCUT2D eigenvalue weighted by Crippen LogP contribution is 2.24. The van der Waals surface area contributed by atoms with Gasteiger partial charge in [0.2, 0.25) is 5.91 Å². The largest absolute Gasteiger partial charge is 0.550 e. The Hall–Kier alpha value is -2.21. The molecule has 1 amide bonds. The molecular weight excluding hydrogens is 288 g/mol. The van der Waals surface area contributed by atoms with E-state index in [1.165, 1.54) is 11.3 Å². The molecule has 0 aliphatic heterocycles. The van der Waals surface area contributed by atoms with Crippen molar-refractivity contribution in [2.24, 2.45) is 0 Å². The molecule has 0 aliphatic carbocycles. The van der Waals surface area contributed by atoms with E-state index < -0.39 is 11.9 Å². The highest BCUT2D eigenvalue weighted by atomic mass is 32.1. The van der Waals surface area contributed by atoms with Gasteiger partial charge in [0.15, 0.2) is 5.13 Å². The average Bonchev–Trinajstić information content (AvgIpc) is 2.83. The first-order valence-corrected chi connectivity index (χ1v) is 7.39. The SMILES string of the molecule is Cc1csc(NC(=O)C[C@@H](CC(=O)[O-])c2ccccc2)n1. The molecule has 0 spiro atoms. The van der Waals surface area contributed by atoms with Crippen LogP contribution in [0.2, 0.25) is 0 Å². The van der Waals surface area contributed by atoms with Gasteiger partial charge >= 0.3 is 0 Å². The summed E-state index contributed by atoms with van der Waals surface area (Å²) < 4.78 is 0. The summed E-state index contributed by atoms with van der Waals surface area (Å²) in [5, 5.41) is 15.9. The van der Waals surface area contributed by atoms with E-state index in [1.807, 2.05) is 42.6 Å². The van der Waals surface area contributed by atoms with Crippen molar-refractivity contribution in [2.75, 3.05) is 5.32 Å². The highest BCUT2D eigenvalue weighted by Gasteiger charge is 2.17. The Balaban J connectivity index is 2.04. The number of aryl methyl sites for hydroxylation is 1. The van der Waals surface area contributed by atoms with Crippen LogP contribution in [0.25, 0.3) is 0 Å². The van der Waals surface area contributed by atoms with Gasteiger partial charge in [-0.2, -0.15) is 0 Å². The number of aromatic nitrogens is 1. The van der Waals surface area contributed by atoms with E-state index in [2.05, 4.69) is 10.3 Å². The molecule has 1 aromatic heterocycles. The molecular formula is C15H15N2O3S-. The number of thiazole rings is 1. The summed E-state index contributed by atoms with van der Waals surface area (Å²) >= 11 is 1.34. The Labute approximate surface area is 126 Å². The average molecular weight is 303 g/mol. The quantitative estimate of drug-likeness (QED) is 0.880. The number of carbonyl (C=O) groups is 2. The van der Waals surface area contributed by atoms with Crippen LogP contribution >= 0.6 is 11.3 Å². The highest BCUT2D eigenvalue weighted by molar-refractivity contribution is 7.13. The summed E-state index contributed by atoms with van der Waals surface area (Å²) in [6.07, 6.45) is -0.106. The maximum atomic E-state index is 12.0. The molecule has 21 heavy (non-hydrogen) atoms. The van der Waals surface area contributed by atoms with Crippen molar-refractivity contribution in [2.45, 2.75) is 25.7 Å². The number of carboxylic acids is 1. The minimum Gasteiger partial charge on any atom is -0.550 e. The van der Waals surface area contributed by atoms with Crippen molar-refractivity contribution in [1.82, 2.24) is 4.98 Å². The van der Waals surface area contributed by atoms with Crippen molar-refractivity contribution >= 4 is 28.3 Å². The number of amides is 1. The number of carbonyl (C=O) groups excluding carboxylic acids is 2. The maximum Gasteiger partial charge on any atom is 0.226 e. The van der Waals surface area contributed by atoms with Crippen LogP contribution in [0, 0.1) is 6.92 Å².